The molecular weight excluding hydrogens is 300 g/mol. The van der Waals surface area contributed by atoms with Crippen molar-refractivity contribution in [2.45, 2.75) is 110 Å². The number of esters is 1. The standard InChI is InChI=1S/C21H40O3/c1-3-4-5-6-7-8-9-10-11-12-13-14-15-16-17-24-21(23)18-20(2)19-22/h19-20H,3-18H2,1-2H3. The Morgan fingerprint density at radius 1 is 0.792 bits per heavy atom. The highest BCUT2D eigenvalue weighted by atomic mass is 16.5. The zero-order chi connectivity index (χ0) is 17.9. The van der Waals surface area contributed by atoms with E-state index in [-0.39, 0.29) is 18.3 Å². The third-order valence-electron chi connectivity index (χ3n) is 4.48. The number of aldehydes is 1. The summed E-state index contributed by atoms with van der Waals surface area (Å²) in [5.41, 5.74) is 0. The van der Waals surface area contributed by atoms with Gasteiger partial charge < -0.3 is 9.53 Å². The summed E-state index contributed by atoms with van der Waals surface area (Å²) < 4.78 is 5.12. The third kappa shape index (κ3) is 17.5. The van der Waals surface area contributed by atoms with Gasteiger partial charge in [-0.2, -0.15) is 0 Å². The molecule has 3 heteroatoms. The van der Waals surface area contributed by atoms with E-state index < -0.39 is 0 Å². The molecule has 0 aromatic rings. The Kier molecular flexibility index (Phi) is 17.8. The largest absolute Gasteiger partial charge is 0.466 e. The smallest absolute Gasteiger partial charge is 0.306 e. The molecule has 0 rings (SSSR count). The molecule has 0 aliphatic carbocycles. The van der Waals surface area contributed by atoms with E-state index >= 15 is 0 Å². The molecule has 0 radical (unpaired) electrons. The third-order valence-corrected chi connectivity index (χ3v) is 4.48. The fraction of sp³-hybridized carbons (Fsp3) is 0.905. The number of unbranched alkanes of at least 4 members (excludes halogenated alkanes) is 13. The molecular formula is C21H40O3. The van der Waals surface area contributed by atoms with Crippen LogP contribution in [-0.4, -0.2) is 18.9 Å². The van der Waals surface area contributed by atoms with Gasteiger partial charge in [0, 0.05) is 5.92 Å². The van der Waals surface area contributed by atoms with Gasteiger partial charge >= 0.3 is 5.97 Å². The second-order valence-electron chi connectivity index (χ2n) is 7.13. The minimum atomic E-state index is -0.246. The lowest BCUT2D eigenvalue weighted by Crippen LogP contribution is -2.11. The van der Waals surface area contributed by atoms with Gasteiger partial charge in [0.25, 0.3) is 0 Å². The summed E-state index contributed by atoms with van der Waals surface area (Å²) in [4.78, 5) is 21.8. The summed E-state index contributed by atoms with van der Waals surface area (Å²) in [7, 11) is 0. The van der Waals surface area contributed by atoms with E-state index in [0.29, 0.717) is 6.61 Å². The van der Waals surface area contributed by atoms with Crippen molar-refractivity contribution in [3.8, 4) is 0 Å². The van der Waals surface area contributed by atoms with Crippen molar-refractivity contribution in [2.24, 2.45) is 5.92 Å². The molecule has 0 amide bonds. The van der Waals surface area contributed by atoms with Gasteiger partial charge in [-0.05, 0) is 6.42 Å². The minimum Gasteiger partial charge on any atom is -0.466 e. The quantitative estimate of drug-likeness (QED) is 0.169. The molecule has 1 atom stereocenters. The van der Waals surface area contributed by atoms with Crippen LogP contribution in [0.2, 0.25) is 0 Å². The van der Waals surface area contributed by atoms with E-state index in [4.69, 9.17) is 4.74 Å². The Hall–Kier alpha value is -0.860. The molecule has 0 aromatic carbocycles. The number of ether oxygens (including phenoxy) is 1. The molecule has 0 aliphatic rings. The lowest BCUT2D eigenvalue weighted by molar-refractivity contribution is -0.145. The van der Waals surface area contributed by atoms with Crippen molar-refractivity contribution in [3.63, 3.8) is 0 Å². The Morgan fingerprint density at radius 3 is 1.62 bits per heavy atom. The van der Waals surface area contributed by atoms with Crippen LogP contribution in [0.1, 0.15) is 110 Å². The Bertz CT molecular complexity index is 289. The summed E-state index contributed by atoms with van der Waals surface area (Å²) in [6.45, 7) is 4.51. The lowest BCUT2D eigenvalue weighted by atomic mass is 10.0. The van der Waals surface area contributed by atoms with Gasteiger partial charge in [-0.3, -0.25) is 4.79 Å². The van der Waals surface area contributed by atoms with Gasteiger partial charge in [0.15, 0.2) is 0 Å². The highest BCUT2D eigenvalue weighted by Crippen LogP contribution is 2.13. The van der Waals surface area contributed by atoms with Crippen LogP contribution in [0.3, 0.4) is 0 Å². The Labute approximate surface area is 149 Å². The minimum absolute atomic E-state index is 0.210. The number of hydrogen-bond acceptors (Lipinski definition) is 3. The number of rotatable bonds is 18. The molecule has 0 fully saturated rings. The van der Waals surface area contributed by atoms with Crippen molar-refractivity contribution in [1.29, 1.82) is 0 Å². The molecule has 3 nitrogen and oxygen atoms in total. The van der Waals surface area contributed by atoms with Gasteiger partial charge in [0.05, 0.1) is 13.0 Å². The molecule has 0 N–H and O–H groups in total. The zero-order valence-corrected chi connectivity index (χ0v) is 16.2. The summed E-state index contributed by atoms with van der Waals surface area (Å²) in [6, 6.07) is 0. The number of carbonyl (C=O) groups is 2. The SMILES string of the molecule is CCCCCCCCCCCCCCCCOC(=O)CC(C)C=O. The fourth-order valence-electron chi connectivity index (χ4n) is 2.85. The predicted octanol–water partition coefficient (Wildman–Crippen LogP) is 6.24. The van der Waals surface area contributed by atoms with Crippen LogP contribution in [0, 0.1) is 5.92 Å². The van der Waals surface area contributed by atoms with E-state index in [0.717, 1.165) is 19.1 Å². The molecule has 0 aliphatic heterocycles. The maximum absolute atomic E-state index is 11.4. The summed E-state index contributed by atoms with van der Waals surface area (Å²) in [5, 5.41) is 0. The molecule has 24 heavy (non-hydrogen) atoms. The summed E-state index contributed by atoms with van der Waals surface area (Å²) in [6.07, 6.45) is 19.5. The first-order valence-corrected chi connectivity index (χ1v) is 10.3. The van der Waals surface area contributed by atoms with Crippen LogP contribution in [0.5, 0.6) is 0 Å². The van der Waals surface area contributed by atoms with Crippen molar-refractivity contribution in [3.05, 3.63) is 0 Å². The van der Waals surface area contributed by atoms with E-state index in [1.807, 2.05) is 0 Å². The molecule has 1 unspecified atom stereocenters. The zero-order valence-electron chi connectivity index (χ0n) is 16.2. The van der Waals surface area contributed by atoms with Crippen LogP contribution in [-0.2, 0) is 14.3 Å². The van der Waals surface area contributed by atoms with E-state index in [9.17, 15) is 9.59 Å². The van der Waals surface area contributed by atoms with Gasteiger partial charge in [-0.25, -0.2) is 0 Å². The normalized spacial score (nSPS) is 12.1. The topological polar surface area (TPSA) is 43.4 Å². The summed E-state index contributed by atoms with van der Waals surface area (Å²) >= 11 is 0. The molecule has 0 spiro atoms. The lowest BCUT2D eigenvalue weighted by Gasteiger charge is -2.06. The van der Waals surface area contributed by atoms with Gasteiger partial charge in [-0.1, -0.05) is 97.3 Å². The van der Waals surface area contributed by atoms with Crippen molar-refractivity contribution in [1.82, 2.24) is 0 Å². The number of hydrogen-bond donors (Lipinski definition) is 0. The van der Waals surface area contributed by atoms with Gasteiger partial charge in [0.2, 0.25) is 0 Å². The Morgan fingerprint density at radius 2 is 1.21 bits per heavy atom. The molecule has 0 bridgehead atoms. The molecule has 0 saturated heterocycles. The van der Waals surface area contributed by atoms with Gasteiger partial charge in [-0.15, -0.1) is 0 Å². The molecule has 142 valence electrons. The second-order valence-corrected chi connectivity index (χ2v) is 7.13. The van der Waals surface area contributed by atoms with Crippen LogP contribution in [0.25, 0.3) is 0 Å². The van der Waals surface area contributed by atoms with Gasteiger partial charge in [0.1, 0.15) is 6.29 Å². The predicted molar refractivity (Wildman–Crippen MR) is 101 cm³/mol. The van der Waals surface area contributed by atoms with Crippen molar-refractivity contribution in [2.75, 3.05) is 6.61 Å². The van der Waals surface area contributed by atoms with Crippen molar-refractivity contribution >= 4 is 12.3 Å². The first kappa shape index (κ1) is 23.1. The molecule has 0 aromatic heterocycles. The van der Waals surface area contributed by atoms with Crippen LogP contribution in [0.4, 0.5) is 0 Å². The summed E-state index contributed by atoms with van der Waals surface area (Å²) in [5.74, 6) is -0.474. The highest BCUT2D eigenvalue weighted by molar-refractivity contribution is 5.73. The number of carbonyl (C=O) groups excluding carboxylic acids is 2. The second kappa shape index (κ2) is 18.5. The first-order valence-electron chi connectivity index (χ1n) is 10.3. The van der Waals surface area contributed by atoms with Crippen molar-refractivity contribution < 1.29 is 14.3 Å². The Balaban J connectivity index is 3.12. The van der Waals surface area contributed by atoms with E-state index in [1.165, 1.54) is 77.0 Å². The maximum atomic E-state index is 11.4. The highest BCUT2D eigenvalue weighted by Gasteiger charge is 2.08. The monoisotopic (exact) mass is 340 g/mol. The van der Waals surface area contributed by atoms with Crippen LogP contribution in [0.15, 0.2) is 0 Å². The first-order chi connectivity index (χ1) is 11.7. The van der Waals surface area contributed by atoms with Crippen LogP contribution >= 0.6 is 0 Å². The van der Waals surface area contributed by atoms with Crippen LogP contribution < -0.4 is 0 Å². The average molecular weight is 341 g/mol. The van der Waals surface area contributed by atoms with E-state index in [2.05, 4.69) is 6.92 Å². The molecule has 0 saturated carbocycles. The maximum Gasteiger partial charge on any atom is 0.306 e. The molecule has 0 heterocycles. The average Bonchev–Trinajstić information content (AvgIpc) is 2.58. The van der Waals surface area contributed by atoms with E-state index in [1.54, 1.807) is 6.92 Å². The fourth-order valence-corrected chi connectivity index (χ4v) is 2.85.